The number of carbonyl (C=O) groups is 4. The van der Waals surface area contributed by atoms with E-state index in [2.05, 4.69) is 10.6 Å². The van der Waals surface area contributed by atoms with Crippen molar-refractivity contribution in [3.05, 3.63) is 96.1 Å². The fourth-order valence-electron chi connectivity index (χ4n) is 2.83. The first-order valence-corrected chi connectivity index (χ1v) is 9.38. The smallest absolute Gasteiger partial charge is 0.232 e. The molecule has 0 aliphatic heterocycles. The highest BCUT2D eigenvalue weighted by Crippen LogP contribution is 2.22. The lowest BCUT2D eigenvalue weighted by Gasteiger charge is -2.12. The summed E-state index contributed by atoms with van der Waals surface area (Å²) in [5.74, 6) is -1.59. The summed E-state index contributed by atoms with van der Waals surface area (Å²) in [7, 11) is 0. The molecule has 3 rings (SSSR count). The van der Waals surface area contributed by atoms with E-state index in [1.807, 2.05) is 0 Å². The third-order valence-electron chi connectivity index (χ3n) is 4.31. The fourth-order valence-corrected chi connectivity index (χ4v) is 2.83. The van der Waals surface area contributed by atoms with Gasteiger partial charge in [-0.2, -0.15) is 0 Å². The van der Waals surface area contributed by atoms with Gasteiger partial charge in [0.15, 0.2) is 11.6 Å². The van der Waals surface area contributed by atoms with E-state index < -0.39 is 11.8 Å². The number of rotatable bonds is 8. The van der Waals surface area contributed by atoms with Crippen LogP contribution in [-0.4, -0.2) is 23.4 Å². The van der Waals surface area contributed by atoms with Crippen molar-refractivity contribution in [1.82, 2.24) is 0 Å². The molecule has 0 aliphatic rings. The third kappa shape index (κ3) is 5.72. The van der Waals surface area contributed by atoms with Gasteiger partial charge in [-0.05, 0) is 12.1 Å². The van der Waals surface area contributed by atoms with E-state index in [0.717, 1.165) is 0 Å². The van der Waals surface area contributed by atoms with Gasteiger partial charge in [-0.1, -0.05) is 72.8 Å². The quantitative estimate of drug-likeness (QED) is 0.440. The van der Waals surface area contributed by atoms with Crippen molar-refractivity contribution >= 4 is 34.8 Å². The lowest BCUT2D eigenvalue weighted by molar-refractivity contribution is -0.116. The lowest BCUT2D eigenvalue weighted by atomic mass is 10.1. The minimum atomic E-state index is -0.495. The van der Waals surface area contributed by atoms with E-state index in [1.54, 1.807) is 84.9 Å². The number of hydrogen-bond acceptors (Lipinski definition) is 4. The predicted octanol–water partition coefficient (Wildman–Crippen LogP) is 4.11. The van der Waals surface area contributed by atoms with E-state index in [9.17, 15) is 19.2 Å². The van der Waals surface area contributed by atoms with Crippen LogP contribution in [0.5, 0.6) is 0 Å². The van der Waals surface area contributed by atoms with Crippen molar-refractivity contribution in [2.24, 2.45) is 0 Å². The normalized spacial score (nSPS) is 10.1. The van der Waals surface area contributed by atoms with Crippen molar-refractivity contribution in [2.75, 3.05) is 10.6 Å². The molecule has 0 aliphatic carbocycles. The van der Waals surface area contributed by atoms with Gasteiger partial charge in [-0.25, -0.2) is 0 Å². The highest BCUT2D eigenvalue weighted by atomic mass is 16.2. The summed E-state index contributed by atoms with van der Waals surface area (Å²) < 4.78 is 0. The number of nitrogens with one attached hydrogen (secondary N) is 2. The van der Waals surface area contributed by atoms with Crippen LogP contribution in [0.25, 0.3) is 0 Å². The lowest BCUT2D eigenvalue weighted by Crippen LogP contribution is -2.20. The third-order valence-corrected chi connectivity index (χ3v) is 4.31. The van der Waals surface area contributed by atoms with Gasteiger partial charge in [-0.15, -0.1) is 0 Å². The summed E-state index contributed by atoms with van der Waals surface area (Å²) in [6, 6.07) is 23.7. The molecule has 2 amide bonds. The van der Waals surface area contributed by atoms with Crippen molar-refractivity contribution in [3.63, 3.8) is 0 Å². The second-order valence-electron chi connectivity index (χ2n) is 6.57. The highest BCUT2D eigenvalue weighted by molar-refractivity contribution is 6.14. The number of Topliss-reactive ketones (excluding diaryl/α,β-unsaturated/α-hetero) is 2. The van der Waals surface area contributed by atoms with Crippen LogP contribution in [0.2, 0.25) is 0 Å². The summed E-state index contributed by atoms with van der Waals surface area (Å²) in [5, 5.41) is 5.28. The Labute approximate surface area is 173 Å². The molecule has 0 aromatic heterocycles. The van der Waals surface area contributed by atoms with E-state index in [4.69, 9.17) is 0 Å². The van der Waals surface area contributed by atoms with Crippen LogP contribution >= 0.6 is 0 Å². The van der Waals surface area contributed by atoms with Gasteiger partial charge in [0.2, 0.25) is 11.8 Å². The van der Waals surface area contributed by atoms with Crippen molar-refractivity contribution < 1.29 is 19.2 Å². The Morgan fingerprint density at radius 2 is 0.833 bits per heavy atom. The number of anilines is 2. The van der Waals surface area contributed by atoms with Gasteiger partial charge >= 0.3 is 0 Å². The van der Waals surface area contributed by atoms with Crippen LogP contribution in [0.15, 0.2) is 84.9 Å². The van der Waals surface area contributed by atoms with Crippen LogP contribution in [0.4, 0.5) is 11.4 Å². The summed E-state index contributed by atoms with van der Waals surface area (Å²) in [6.45, 7) is 0. The first kappa shape index (κ1) is 20.7. The second kappa shape index (κ2) is 9.93. The van der Waals surface area contributed by atoms with Crippen molar-refractivity contribution in [2.45, 2.75) is 12.8 Å². The van der Waals surface area contributed by atoms with Crippen LogP contribution in [0, 0.1) is 0 Å². The molecule has 0 radical (unpaired) electrons. The van der Waals surface area contributed by atoms with Gasteiger partial charge in [0, 0.05) is 11.1 Å². The first-order chi connectivity index (χ1) is 14.5. The maximum atomic E-state index is 12.3. The Morgan fingerprint density at radius 3 is 1.20 bits per heavy atom. The number of ketones is 2. The molecule has 6 nitrogen and oxygen atoms in total. The topological polar surface area (TPSA) is 92.3 Å². The molecule has 6 heteroatoms. The Kier molecular flexibility index (Phi) is 6.84. The molecule has 30 heavy (non-hydrogen) atoms. The van der Waals surface area contributed by atoms with E-state index in [0.29, 0.717) is 22.5 Å². The molecular weight excluding hydrogens is 380 g/mol. The fraction of sp³-hybridized carbons (Fsp3) is 0.0833. The van der Waals surface area contributed by atoms with Gasteiger partial charge in [0.25, 0.3) is 0 Å². The van der Waals surface area contributed by atoms with Crippen molar-refractivity contribution in [1.29, 1.82) is 0 Å². The maximum Gasteiger partial charge on any atom is 0.232 e. The van der Waals surface area contributed by atoms with Crippen molar-refractivity contribution in [3.8, 4) is 0 Å². The van der Waals surface area contributed by atoms with Crippen LogP contribution in [0.1, 0.15) is 33.6 Å². The SMILES string of the molecule is O=C(CC(=O)c1ccccc1)Nc1ccccc1NC(=O)CC(=O)c1ccccc1. The maximum absolute atomic E-state index is 12.3. The van der Waals surface area contributed by atoms with E-state index in [1.165, 1.54) is 0 Å². The summed E-state index contributed by atoms with van der Waals surface area (Å²) in [5.41, 5.74) is 1.61. The average molecular weight is 400 g/mol. The van der Waals surface area contributed by atoms with E-state index in [-0.39, 0.29) is 24.4 Å². The molecule has 0 unspecified atom stereocenters. The Morgan fingerprint density at radius 1 is 0.500 bits per heavy atom. The molecule has 0 spiro atoms. The predicted molar refractivity (Wildman–Crippen MR) is 114 cm³/mol. The summed E-state index contributed by atoms with van der Waals surface area (Å²) in [4.78, 5) is 49.0. The Bertz CT molecular complexity index is 976. The van der Waals surface area contributed by atoms with Crippen LogP contribution < -0.4 is 10.6 Å². The molecule has 0 heterocycles. The second-order valence-corrected chi connectivity index (χ2v) is 6.57. The molecule has 3 aromatic rings. The molecule has 0 bridgehead atoms. The van der Waals surface area contributed by atoms with Gasteiger partial charge in [-0.3, -0.25) is 19.2 Å². The highest BCUT2D eigenvalue weighted by Gasteiger charge is 2.16. The molecule has 2 N–H and O–H groups in total. The molecule has 0 saturated carbocycles. The number of amides is 2. The Hall–Kier alpha value is -4.06. The minimum absolute atomic E-state index is 0.303. The number of para-hydroxylation sites is 2. The minimum Gasteiger partial charge on any atom is -0.324 e. The van der Waals surface area contributed by atoms with E-state index >= 15 is 0 Å². The molecule has 0 fully saturated rings. The Balaban J connectivity index is 1.61. The van der Waals surface area contributed by atoms with Crippen LogP contribution in [0.3, 0.4) is 0 Å². The monoisotopic (exact) mass is 400 g/mol. The number of carbonyl (C=O) groups excluding carboxylic acids is 4. The largest absolute Gasteiger partial charge is 0.324 e. The zero-order valence-electron chi connectivity index (χ0n) is 16.1. The zero-order chi connectivity index (χ0) is 21.3. The van der Waals surface area contributed by atoms with Gasteiger partial charge < -0.3 is 10.6 Å². The zero-order valence-corrected chi connectivity index (χ0v) is 16.1. The molecule has 0 atom stereocenters. The number of benzene rings is 3. The molecule has 0 saturated heterocycles. The summed E-state index contributed by atoms with van der Waals surface area (Å²) >= 11 is 0. The molecule has 150 valence electrons. The standard InChI is InChI=1S/C24H20N2O4/c27-21(17-9-3-1-4-10-17)15-23(29)25-19-13-7-8-14-20(19)26-24(30)16-22(28)18-11-5-2-6-12-18/h1-14H,15-16H2,(H,25,29)(H,26,30). The summed E-state index contributed by atoms with van der Waals surface area (Å²) in [6.07, 6.45) is -0.641. The van der Waals surface area contributed by atoms with Gasteiger partial charge in [0.05, 0.1) is 24.2 Å². The van der Waals surface area contributed by atoms with Crippen LogP contribution in [-0.2, 0) is 9.59 Å². The molecular formula is C24H20N2O4. The average Bonchev–Trinajstić information content (AvgIpc) is 2.76. The number of hydrogen-bond donors (Lipinski definition) is 2. The molecule has 3 aromatic carbocycles. The first-order valence-electron chi connectivity index (χ1n) is 9.38. The van der Waals surface area contributed by atoms with Gasteiger partial charge in [0.1, 0.15) is 0 Å².